The number of esters is 1. The van der Waals surface area contributed by atoms with E-state index in [0.29, 0.717) is 0 Å². The van der Waals surface area contributed by atoms with E-state index < -0.39 is 11.9 Å². The topological polar surface area (TPSA) is 72.5 Å². The number of carbonyl (C=O) groups is 3. The highest BCUT2D eigenvalue weighted by atomic mass is 16.5. The van der Waals surface area contributed by atoms with E-state index in [0.717, 1.165) is 13.2 Å². The van der Waals surface area contributed by atoms with Gasteiger partial charge in [0.2, 0.25) is 5.91 Å². The molecule has 0 aromatic rings. The lowest BCUT2D eigenvalue weighted by Gasteiger charge is -2.03. The summed E-state index contributed by atoms with van der Waals surface area (Å²) >= 11 is 0. The van der Waals surface area contributed by atoms with Crippen molar-refractivity contribution in [3.8, 4) is 0 Å². The van der Waals surface area contributed by atoms with Crippen molar-refractivity contribution in [1.29, 1.82) is 0 Å². The zero-order valence-corrected chi connectivity index (χ0v) is 7.71. The summed E-state index contributed by atoms with van der Waals surface area (Å²) < 4.78 is 4.34. The van der Waals surface area contributed by atoms with Gasteiger partial charge in [-0.05, 0) is 6.92 Å². The van der Waals surface area contributed by atoms with Gasteiger partial charge in [0.1, 0.15) is 5.70 Å². The first-order chi connectivity index (χ1) is 5.97. The number of nitrogens with one attached hydrogen (secondary N) is 1. The van der Waals surface area contributed by atoms with Crippen LogP contribution in [0, 0.1) is 0 Å². The second-order valence-corrected chi connectivity index (χ2v) is 2.34. The number of carbonyl (C=O) groups excluding carboxylic acids is 3. The van der Waals surface area contributed by atoms with Crippen molar-refractivity contribution >= 4 is 17.7 Å². The Kier molecular flexibility index (Phi) is 4.43. The number of hydrogen-bond acceptors (Lipinski definition) is 4. The Labute approximate surface area is 75.8 Å². The molecule has 1 N–H and O–H groups in total. The van der Waals surface area contributed by atoms with Crippen molar-refractivity contribution < 1.29 is 19.1 Å². The van der Waals surface area contributed by atoms with Gasteiger partial charge in [0.25, 0.3) is 0 Å². The maximum absolute atomic E-state index is 10.9. The Balaban J connectivity index is 4.65. The summed E-state index contributed by atoms with van der Waals surface area (Å²) in [5.41, 5.74) is -0.150. The summed E-state index contributed by atoms with van der Waals surface area (Å²) in [4.78, 5) is 32.1. The summed E-state index contributed by atoms with van der Waals surface area (Å²) in [6.07, 6.45) is 1.01. The van der Waals surface area contributed by atoms with E-state index in [4.69, 9.17) is 0 Å². The Morgan fingerprint density at radius 2 is 1.77 bits per heavy atom. The van der Waals surface area contributed by atoms with Crippen LogP contribution in [0.25, 0.3) is 0 Å². The lowest BCUT2D eigenvalue weighted by atomic mass is 10.3. The first-order valence-corrected chi connectivity index (χ1v) is 3.55. The standard InChI is InChI=1S/C8H11NO4/c1-5(10)4-7(8(12)13-3)9-6(2)11/h4H,1-3H3,(H,9,11). The van der Waals surface area contributed by atoms with Gasteiger partial charge in [-0.2, -0.15) is 0 Å². The molecule has 1 amide bonds. The number of ether oxygens (including phenoxy) is 1. The molecule has 0 bridgehead atoms. The van der Waals surface area contributed by atoms with Gasteiger partial charge in [-0.1, -0.05) is 0 Å². The predicted molar refractivity (Wildman–Crippen MR) is 44.6 cm³/mol. The predicted octanol–water partition coefficient (Wildman–Crippen LogP) is -0.232. The van der Waals surface area contributed by atoms with Crippen molar-refractivity contribution in [1.82, 2.24) is 5.32 Å². The molecule has 72 valence electrons. The second-order valence-electron chi connectivity index (χ2n) is 2.34. The zero-order valence-electron chi connectivity index (χ0n) is 7.71. The average Bonchev–Trinajstić information content (AvgIpc) is 2.00. The van der Waals surface area contributed by atoms with Crippen molar-refractivity contribution in [2.45, 2.75) is 13.8 Å². The molecule has 0 aliphatic heterocycles. The molecular weight excluding hydrogens is 174 g/mol. The van der Waals surface area contributed by atoms with Crippen molar-refractivity contribution in [3.05, 3.63) is 11.8 Å². The van der Waals surface area contributed by atoms with Gasteiger partial charge >= 0.3 is 5.97 Å². The van der Waals surface area contributed by atoms with Crippen LogP contribution >= 0.6 is 0 Å². The first-order valence-electron chi connectivity index (χ1n) is 3.55. The molecule has 13 heavy (non-hydrogen) atoms. The molecule has 0 aromatic carbocycles. The molecule has 5 nitrogen and oxygen atoms in total. The molecule has 5 heteroatoms. The van der Waals surface area contributed by atoms with Gasteiger partial charge in [0.15, 0.2) is 5.78 Å². The number of methoxy groups -OCH3 is 1. The van der Waals surface area contributed by atoms with Gasteiger partial charge in [-0.25, -0.2) is 4.79 Å². The van der Waals surface area contributed by atoms with Crippen molar-refractivity contribution in [3.63, 3.8) is 0 Å². The molecule has 0 rings (SSSR count). The molecule has 0 aliphatic carbocycles. The SMILES string of the molecule is COC(=O)C(=CC(C)=O)NC(C)=O. The third-order valence-corrected chi connectivity index (χ3v) is 1.06. The third-order valence-electron chi connectivity index (χ3n) is 1.06. The number of rotatable bonds is 3. The molecule has 0 saturated carbocycles. The highest BCUT2D eigenvalue weighted by Gasteiger charge is 2.11. The monoisotopic (exact) mass is 185 g/mol. The van der Waals surface area contributed by atoms with Gasteiger partial charge in [0, 0.05) is 13.0 Å². The first kappa shape index (κ1) is 11.4. The van der Waals surface area contributed by atoms with Crippen LogP contribution in [0.1, 0.15) is 13.8 Å². The molecular formula is C8H11NO4. The number of ketones is 1. The van der Waals surface area contributed by atoms with Crippen LogP contribution in [-0.2, 0) is 19.1 Å². The number of amides is 1. The Morgan fingerprint density at radius 3 is 2.08 bits per heavy atom. The second kappa shape index (κ2) is 5.08. The molecule has 0 spiro atoms. The summed E-state index contributed by atoms with van der Waals surface area (Å²) in [6.45, 7) is 2.50. The number of hydrogen-bond donors (Lipinski definition) is 1. The largest absolute Gasteiger partial charge is 0.464 e. The molecule has 0 unspecified atom stereocenters. The van der Waals surface area contributed by atoms with Gasteiger partial charge in [-0.3, -0.25) is 9.59 Å². The molecule has 0 atom stereocenters. The summed E-state index contributed by atoms with van der Waals surface area (Å²) in [7, 11) is 1.16. The lowest BCUT2D eigenvalue weighted by molar-refractivity contribution is -0.137. The maximum Gasteiger partial charge on any atom is 0.354 e. The van der Waals surface area contributed by atoms with Crippen LogP contribution in [0.15, 0.2) is 11.8 Å². The van der Waals surface area contributed by atoms with Crippen LogP contribution in [0.4, 0.5) is 0 Å². The van der Waals surface area contributed by atoms with E-state index in [-0.39, 0.29) is 11.5 Å². The highest BCUT2D eigenvalue weighted by molar-refractivity contribution is 6.00. The van der Waals surface area contributed by atoms with Gasteiger partial charge < -0.3 is 10.1 Å². The fraction of sp³-hybridized carbons (Fsp3) is 0.375. The van der Waals surface area contributed by atoms with E-state index in [1.54, 1.807) is 0 Å². The van der Waals surface area contributed by atoms with Crippen molar-refractivity contribution in [2.24, 2.45) is 0 Å². The van der Waals surface area contributed by atoms with Crippen LogP contribution in [0.2, 0.25) is 0 Å². The summed E-state index contributed by atoms with van der Waals surface area (Å²) in [6, 6.07) is 0. The van der Waals surface area contributed by atoms with E-state index in [2.05, 4.69) is 10.1 Å². The van der Waals surface area contributed by atoms with E-state index in [1.807, 2.05) is 0 Å². The molecule has 0 aliphatic rings. The molecule has 0 heterocycles. The normalized spacial score (nSPS) is 10.5. The van der Waals surface area contributed by atoms with Crippen LogP contribution in [-0.4, -0.2) is 24.8 Å². The summed E-state index contributed by atoms with van der Waals surface area (Å²) in [5.74, 6) is -1.52. The highest BCUT2D eigenvalue weighted by Crippen LogP contribution is 1.93. The van der Waals surface area contributed by atoms with Gasteiger partial charge in [0.05, 0.1) is 7.11 Å². The molecule has 0 radical (unpaired) electrons. The minimum Gasteiger partial charge on any atom is -0.464 e. The third kappa shape index (κ3) is 4.73. The van der Waals surface area contributed by atoms with E-state index >= 15 is 0 Å². The molecule has 0 fully saturated rings. The fourth-order valence-electron chi connectivity index (χ4n) is 0.649. The van der Waals surface area contributed by atoms with Crippen LogP contribution in [0.5, 0.6) is 0 Å². The maximum atomic E-state index is 10.9. The Hall–Kier alpha value is -1.65. The number of allylic oxidation sites excluding steroid dienone is 1. The fourth-order valence-corrected chi connectivity index (χ4v) is 0.649. The van der Waals surface area contributed by atoms with Crippen molar-refractivity contribution in [2.75, 3.05) is 7.11 Å². The lowest BCUT2D eigenvalue weighted by Crippen LogP contribution is -2.26. The zero-order chi connectivity index (χ0) is 10.4. The van der Waals surface area contributed by atoms with Gasteiger partial charge in [-0.15, -0.1) is 0 Å². The smallest absolute Gasteiger partial charge is 0.354 e. The van der Waals surface area contributed by atoms with E-state index in [9.17, 15) is 14.4 Å². The van der Waals surface area contributed by atoms with Crippen LogP contribution in [0.3, 0.4) is 0 Å². The van der Waals surface area contributed by atoms with E-state index in [1.165, 1.54) is 13.8 Å². The quantitative estimate of drug-likeness (QED) is 0.487. The Morgan fingerprint density at radius 1 is 1.23 bits per heavy atom. The minimum atomic E-state index is -0.745. The molecule has 0 saturated heterocycles. The minimum absolute atomic E-state index is 0.150. The molecule has 0 aromatic heterocycles. The summed E-state index contributed by atoms with van der Waals surface area (Å²) in [5, 5.41) is 2.19. The Bertz CT molecular complexity index is 267. The average molecular weight is 185 g/mol. The van der Waals surface area contributed by atoms with Crippen LogP contribution < -0.4 is 5.32 Å².